The Kier molecular flexibility index (Phi) is 2.97. The number of aromatic carboxylic acids is 1. The molecule has 5 heteroatoms. The summed E-state index contributed by atoms with van der Waals surface area (Å²) in [6, 6.07) is 10.2. The monoisotopic (exact) mass is 248 g/mol. The van der Waals surface area contributed by atoms with Gasteiger partial charge in [-0.1, -0.05) is 23.7 Å². The Morgan fingerprint density at radius 2 is 1.82 bits per heavy atom. The van der Waals surface area contributed by atoms with Crippen LogP contribution in [0.15, 0.2) is 36.4 Å². The van der Waals surface area contributed by atoms with Gasteiger partial charge in [-0.2, -0.15) is 0 Å². The van der Waals surface area contributed by atoms with Gasteiger partial charge in [-0.25, -0.2) is 9.78 Å². The fourth-order valence-corrected chi connectivity index (χ4v) is 1.55. The third kappa shape index (κ3) is 2.37. The van der Waals surface area contributed by atoms with Gasteiger partial charge >= 0.3 is 5.97 Å². The molecule has 1 heterocycles. The van der Waals surface area contributed by atoms with Crippen molar-refractivity contribution in [3.63, 3.8) is 0 Å². The fourth-order valence-electron chi connectivity index (χ4n) is 1.42. The largest absolute Gasteiger partial charge is 0.476 e. The van der Waals surface area contributed by atoms with Crippen molar-refractivity contribution in [1.82, 2.24) is 4.98 Å². The number of carboxylic acid groups (broad SMARTS) is 1. The first kappa shape index (κ1) is 11.4. The molecule has 4 nitrogen and oxygen atoms in total. The Bertz CT molecular complexity index is 567. The number of hydrogen-bond acceptors (Lipinski definition) is 3. The molecule has 86 valence electrons. The Labute approximate surface area is 103 Å². The molecule has 0 saturated heterocycles. The van der Waals surface area contributed by atoms with Crippen molar-refractivity contribution in [2.75, 3.05) is 5.73 Å². The van der Waals surface area contributed by atoms with E-state index in [0.29, 0.717) is 10.7 Å². The lowest BCUT2D eigenvalue weighted by molar-refractivity contribution is 0.0692. The Hall–Kier alpha value is -2.07. The van der Waals surface area contributed by atoms with Crippen molar-refractivity contribution in [3.05, 3.63) is 47.1 Å². The van der Waals surface area contributed by atoms with Crippen LogP contribution in [0.4, 0.5) is 5.69 Å². The molecular weight excluding hydrogens is 240 g/mol. The first-order valence-electron chi connectivity index (χ1n) is 4.83. The van der Waals surface area contributed by atoms with Crippen molar-refractivity contribution < 1.29 is 9.90 Å². The lowest BCUT2D eigenvalue weighted by Gasteiger charge is -2.04. The van der Waals surface area contributed by atoms with Crippen molar-refractivity contribution in [3.8, 4) is 11.3 Å². The van der Waals surface area contributed by atoms with Crippen LogP contribution in [0.1, 0.15) is 10.5 Å². The highest BCUT2D eigenvalue weighted by atomic mass is 35.5. The van der Waals surface area contributed by atoms with Gasteiger partial charge in [0.15, 0.2) is 5.69 Å². The van der Waals surface area contributed by atoms with E-state index in [1.54, 1.807) is 30.3 Å². The number of nitrogens with two attached hydrogens (primary N) is 1. The number of nitrogens with zero attached hydrogens (tertiary/aromatic N) is 1. The van der Waals surface area contributed by atoms with Gasteiger partial charge in [0.2, 0.25) is 0 Å². The molecule has 0 atom stereocenters. The van der Waals surface area contributed by atoms with Gasteiger partial charge in [0.1, 0.15) is 0 Å². The predicted molar refractivity (Wildman–Crippen MR) is 66.1 cm³/mol. The van der Waals surface area contributed by atoms with E-state index < -0.39 is 5.97 Å². The number of halogens is 1. The number of anilines is 1. The number of hydrogen-bond donors (Lipinski definition) is 2. The van der Waals surface area contributed by atoms with Gasteiger partial charge in [-0.3, -0.25) is 0 Å². The Balaban J connectivity index is 2.50. The van der Waals surface area contributed by atoms with Crippen molar-refractivity contribution in [1.29, 1.82) is 0 Å². The van der Waals surface area contributed by atoms with Crippen molar-refractivity contribution in [2.24, 2.45) is 0 Å². The summed E-state index contributed by atoms with van der Waals surface area (Å²) in [7, 11) is 0. The topological polar surface area (TPSA) is 76.2 Å². The predicted octanol–water partition coefficient (Wildman–Crippen LogP) is 2.68. The molecule has 1 aromatic heterocycles. The SMILES string of the molecule is Nc1ccc(-c2ccc(Cl)cc2)nc1C(=O)O. The van der Waals surface area contributed by atoms with Crippen LogP contribution in [0.5, 0.6) is 0 Å². The molecular formula is C12H9ClN2O2. The molecule has 0 aliphatic carbocycles. The minimum Gasteiger partial charge on any atom is -0.476 e. The van der Waals surface area contributed by atoms with Crippen LogP contribution in [0.2, 0.25) is 5.02 Å². The average molecular weight is 249 g/mol. The van der Waals surface area contributed by atoms with Gasteiger partial charge in [0, 0.05) is 10.6 Å². The van der Waals surface area contributed by atoms with E-state index in [1.807, 2.05) is 0 Å². The summed E-state index contributed by atoms with van der Waals surface area (Å²) in [5.74, 6) is -1.14. The fraction of sp³-hybridized carbons (Fsp3) is 0. The maximum absolute atomic E-state index is 10.9. The summed E-state index contributed by atoms with van der Waals surface area (Å²) >= 11 is 5.77. The quantitative estimate of drug-likeness (QED) is 0.857. The van der Waals surface area contributed by atoms with Crippen LogP contribution in [0.3, 0.4) is 0 Å². The molecule has 0 amide bonds. The molecule has 0 radical (unpaired) electrons. The molecule has 0 aliphatic heterocycles. The average Bonchev–Trinajstić information content (AvgIpc) is 2.30. The van der Waals surface area contributed by atoms with Crippen LogP contribution in [0.25, 0.3) is 11.3 Å². The molecule has 0 fully saturated rings. The third-order valence-electron chi connectivity index (χ3n) is 2.27. The molecule has 0 saturated carbocycles. The number of carbonyl (C=O) groups is 1. The molecule has 0 aliphatic rings. The van der Waals surface area contributed by atoms with Gasteiger partial charge in [0.25, 0.3) is 0 Å². The second-order valence-corrected chi connectivity index (χ2v) is 3.88. The van der Waals surface area contributed by atoms with E-state index >= 15 is 0 Å². The number of rotatable bonds is 2. The number of benzene rings is 1. The Morgan fingerprint density at radius 1 is 1.18 bits per heavy atom. The number of pyridine rings is 1. The summed E-state index contributed by atoms with van der Waals surface area (Å²) in [6.45, 7) is 0. The smallest absolute Gasteiger partial charge is 0.356 e. The minimum atomic E-state index is -1.14. The van der Waals surface area contributed by atoms with Crippen LogP contribution in [-0.2, 0) is 0 Å². The van der Waals surface area contributed by atoms with Crippen molar-refractivity contribution >= 4 is 23.3 Å². The maximum Gasteiger partial charge on any atom is 0.356 e. The molecule has 0 unspecified atom stereocenters. The molecule has 0 bridgehead atoms. The summed E-state index contributed by atoms with van der Waals surface area (Å²) in [6.07, 6.45) is 0. The second-order valence-electron chi connectivity index (χ2n) is 3.45. The van der Waals surface area contributed by atoms with Gasteiger partial charge in [0.05, 0.1) is 11.4 Å². The first-order valence-corrected chi connectivity index (χ1v) is 5.21. The van der Waals surface area contributed by atoms with E-state index in [0.717, 1.165) is 5.56 Å². The van der Waals surface area contributed by atoms with Gasteiger partial charge in [-0.05, 0) is 24.3 Å². The van der Waals surface area contributed by atoms with Gasteiger partial charge in [-0.15, -0.1) is 0 Å². The van der Waals surface area contributed by atoms with Crippen LogP contribution in [-0.4, -0.2) is 16.1 Å². The first-order chi connectivity index (χ1) is 8.08. The maximum atomic E-state index is 10.9. The van der Waals surface area contributed by atoms with Crippen LogP contribution >= 0.6 is 11.6 Å². The summed E-state index contributed by atoms with van der Waals surface area (Å²) in [5, 5.41) is 9.53. The standard InChI is InChI=1S/C12H9ClN2O2/c13-8-3-1-7(2-4-8)10-6-5-9(14)11(15-10)12(16)17/h1-6H,14H2,(H,16,17). The molecule has 3 N–H and O–H groups in total. The summed E-state index contributed by atoms with van der Waals surface area (Å²) < 4.78 is 0. The highest BCUT2D eigenvalue weighted by molar-refractivity contribution is 6.30. The van der Waals surface area contributed by atoms with Crippen LogP contribution < -0.4 is 5.73 Å². The number of nitrogen functional groups attached to an aromatic ring is 1. The number of aromatic nitrogens is 1. The zero-order valence-corrected chi connectivity index (χ0v) is 9.48. The lowest BCUT2D eigenvalue weighted by Crippen LogP contribution is -2.06. The zero-order valence-electron chi connectivity index (χ0n) is 8.72. The normalized spacial score (nSPS) is 10.2. The van der Waals surface area contributed by atoms with E-state index in [4.69, 9.17) is 22.4 Å². The molecule has 2 aromatic rings. The highest BCUT2D eigenvalue weighted by Crippen LogP contribution is 2.22. The zero-order chi connectivity index (χ0) is 12.4. The lowest BCUT2D eigenvalue weighted by atomic mass is 10.1. The van der Waals surface area contributed by atoms with E-state index in [9.17, 15) is 4.79 Å². The highest BCUT2D eigenvalue weighted by Gasteiger charge is 2.11. The van der Waals surface area contributed by atoms with Gasteiger partial charge < -0.3 is 10.8 Å². The third-order valence-corrected chi connectivity index (χ3v) is 2.52. The van der Waals surface area contributed by atoms with Crippen molar-refractivity contribution in [2.45, 2.75) is 0 Å². The van der Waals surface area contributed by atoms with E-state index in [1.165, 1.54) is 6.07 Å². The molecule has 2 rings (SSSR count). The number of carboxylic acids is 1. The summed E-state index contributed by atoms with van der Waals surface area (Å²) in [5.41, 5.74) is 6.87. The van der Waals surface area contributed by atoms with E-state index in [2.05, 4.69) is 4.98 Å². The minimum absolute atomic E-state index is 0.141. The summed E-state index contributed by atoms with van der Waals surface area (Å²) in [4.78, 5) is 14.9. The molecule has 17 heavy (non-hydrogen) atoms. The molecule has 1 aromatic carbocycles. The second kappa shape index (κ2) is 4.43. The van der Waals surface area contributed by atoms with E-state index in [-0.39, 0.29) is 11.4 Å². The Morgan fingerprint density at radius 3 is 2.41 bits per heavy atom. The van der Waals surface area contributed by atoms with Crippen LogP contribution in [0, 0.1) is 0 Å². The molecule has 0 spiro atoms.